The molecule has 2 aliphatic carbocycles. The molecule has 1 aliphatic heterocycles. The number of aliphatic hydroxyl groups is 1. The first-order chi connectivity index (χ1) is 8.93. The molecule has 0 radical (unpaired) electrons. The van der Waals surface area contributed by atoms with Gasteiger partial charge >= 0.3 is 0 Å². The lowest BCUT2D eigenvalue weighted by Crippen LogP contribution is -2.74. The van der Waals surface area contributed by atoms with E-state index in [9.17, 15) is 14.7 Å². The smallest absolute Gasteiger partial charge is 0.224 e. The summed E-state index contributed by atoms with van der Waals surface area (Å²) in [5.74, 6) is -0.360. The molecular weight excluding hydrogens is 242 g/mol. The number of ketones is 1. The maximum absolute atomic E-state index is 12.2. The summed E-state index contributed by atoms with van der Waals surface area (Å²) >= 11 is 0. The third-order valence-electron chi connectivity index (χ3n) is 5.68. The molecule has 2 fully saturated rings. The number of fused-ring (bicyclic) bond motifs is 1. The van der Waals surface area contributed by atoms with Crippen LogP contribution in [0.2, 0.25) is 0 Å². The van der Waals surface area contributed by atoms with Crippen molar-refractivity contribution in [2.45, 2.75) is 51.2 Å². The topological polar surface area (TPSA) is 66.4 Å². The summed E-state index contributed by atoms with van der Waals surface area (Å²) < 4.78 is 0. The van der Waals surface area contributed by atoms with Crippen molar-refractivity contribution in [3.8, 4) is 0 Å². The number of hydrogen-bond acceptors (Lipinski definition) is 3. The first-order valence-electron chi connectivity index (χ1n) is 7.13. The molecule has 0 aromatic rings. The summed E-state index contributed by atoms with van der Waals surface area (Å²) in [6.45, 7) is 3.81. The van der Waals surface area contributed by atoms with Crippen LogP contribution in [0.25, 0.3) is 0 Å². The molecule has 0 bridgehead atoms. The van der Waals surface area contributed by atoms with Gasteiger partial charge in [-0.25, -0.2) is 0 Å². The van der Waals surface area contributed by atoms with E-state index in [0.29, 0.717) is 6.42 Å². The van der Waals surface area contributed by atoms with Crippen molar-refractivity contribution >= 4 is 11.7 Å². The van der Waals surface area contributed by atoms with Gasteiger partial charge < -0.3 is 10.4 Å². The van der Waals surface area contributed by atoms with E-state index < -0.39 is 17.1 Å². The normalized spacial score (nSPS) is 46.5. The van der Waals surface area contributed by atoms with Crippen LogP contribution in [-0.2, 0) is 9.59 Å². The zero-order valence-electron chi connectivity index (χ0n) is 11.5. The molecule has 3 rings (SSSR count). The highest BCUT2D eigenvalue weighted by atomic mass is 16.3. The standard InChI is InChI=1S/C15H21NO3/c1-9-13(19)16-15(11(17)8-14(9,15)2)12(18)10-6-4-3-5-7-10/h4,6,9-10,12,18H,3,5,7-8H2,1-2H3,(H,16,19)/t9-,10+,12-,14-,15+/m0/s1. The molecule has 0 aromatic carbocycles. The molecule has 5 atom stereocenters. The molecule has 4 heteroatoms. The minimum Gasteiger partial charge on any atom is -0.390 e. The fourth-order valence-corrected chi connectivity index (χ4v) is 4.12. The van der Waals surface area contributed by atoms with Gasteiger partial charge in [0.05, 0.1) is 6.10 Å². The second-order valence-electron chi connectivity index (χ2n) is 6.50. The Morgan fingerprint density at radius 1 is 1.47 bits per heavy atom. The van der Waals surface area contributed by atoms with Crippen LogP contribution < -0.4 is 5.32 Å². The van der Waals surface area contributed by atoms with Gasteiger partial charge in [-0.1, -0.05) is 26.0 Å². The summed E-state index contributed by atoms with van der Waals surface area (Å²) in [6.07, 6.45) is 6.60. The zero-order chi connectivity index (χ0) is 13.8. The molecule has 3 aliphatic rings. The Bertz CT molecular complexity index is 472. The van der Waals surface area contributed by atoms with Gasteiger partial charge in [0.1, 0.15) is 5.54 Å². The Labute approximate surface area is 113 Å². The van der Waals surface area contributed by atoms with Crippen LogP contribution in [0.15, 0.2) is 12.2 Å². The number of aliphatic hydroxyl groups excluding tert-OH is 1. The Morgan fingerprint density at radius 2 is 2.21 bits per heavy atom. The van der Waals surface area contributed by atoms with Crippen LogP contribution in [0.4, 0.5) is 0 Å². The Morgan fingerprint density at radius 3 is 2.74 bits per heavy atom. The SMILES string of the molecule is C[C@H]1C(=O)N[C@@]2([C@@H](O)[C@@H]3C=CCCC3)C(=O)C[C@@]12C. The third kappa shape index (κ3) is 1.38. The van der Waals surface area contributed by atoms with Crippen molar-refractivity contribution in [2.75, 3.05) is 0 Å². The van der Waals surface area contributed by atoms with Crippen LogP contribution in [0, 0.1) is 17.3 Å². The van der Waals surface area contributed by atoms with Gasteiger partial charge in [-0.3, -0.25) is 9.59 Å². The zero-order valence-corrected chi connectivity index (χ0v) is 11.5. The van der Waals surface area contributed by atoms with E-state index in [1.807, 2.05) is 19.9 Å². The quantitative estimate of drug-likeness (QED) is 0.735. The third-order valence-corrected chi connectivity index (χ3v) is 5.68. The number of carbonyl (C=O) groups excluding carboxylic acids is 2. The Balaban J connectivity index is 1.97. The molecule has 104 valence electrons. The predicted molar refractivity (Wildman–Crippen MR) is 70.3 cm³/mol. The van der Waals surface area contributed by atoms with Gasteiger partial charge in [0.25, 0.3) is 0 Å². The van der Waals surface area contributed by atoms with Gasteiger partial charge in [-0.2, -0.15) is 0 Å². The average molecular weight is 263 g/mol. The van der Waals surface area contributed by atoms with Gasteiger partial charge in [-0.05, 0) is 19.3 Å². The molecule has 1 saturated carbocycles. The number of carbonyl (C=O) groups is 2. The summed E-state index contributed by atoms with van der Waals surface area (Å²) in [7, 11) is 0. The lowest BCUT2D eigenvalue weighted by molar-refractivity contribution is -0.161. The lowest BCUT2D eigenvalue weighted by Gasteiger charge is -2.55. The van der Waals surface area contributed by atoms with Crippen molar-refractivity contribution in [1.29, 1.82) is 0 Å². The number of rotatable bonds is 2. The van der Waals surface area contributed by atoms with Crippen molar-refractivity contribution in [1.82, 2.24) is 5.32 Å². The molecule has 0 unspecified atom stereocenters. The second-order valence-corrected chi connectivity index (χ2v) is 6.50. The molecule has 1 saturated heterocycles. The van der Waals surface area contributed by atoms with Gasteiger partial charge in [-0.15, -0.1) is 0 Å². The van der Waals surface area contributed by atoms with E-state index in [1.54, 1.807) is 0 Å². The highest BCUT2D eigenvalue weighted by molar-refractivity contribution is 6.06. The van der Waals surface area contributed by atoms with E-state index in [0.717, 1.165) is 19.3 Å². The van der Waals surface area contributed by atoms with E-state index in [4.69, 9.17) is 0 Å². The number of Topliss-reactive ketones (excluding diaryl/α,β-unsaturated/α-hetero) is 1. The molecule has 1 amide bonds. The first-order valence-corrected chi connectivity index (χ1v) is 7.13. The van der Waals surface area contributed by atoms with Gasteiger partial charge in [0.2, 0.25) is 5.91 Å². The Hall–Kier alpha value is -1.16. The fourth-order valence-electron chi connectivity index (χ4n) is 4.12. The molecule has 0 spiro atoms. The number of nitrogens with one attached hydrogen (secondary N) is 1. The van der Waals surface area contributed by atoms with Crippen LogP contribution >= 0.6 is 0 Å². The van der Waals surface area contributed by atoms with Crippen molar-refractivity contribution in [2.24, 2.45) is 17.3 Å². The average Bonchev–Trinajstić information content (AvgIpc) is 2.57. The Kier molecular flexibility index (Phi) is 2.65. The monoisotopic (exact) mass is 263 g/mol. The largest absolute Gasteiger partial charge is 0.390 e. The highest BCUT2D eigenvalue weighted by Crippen LogP contribution is 2.58. The van der Waals surface area contributed by atoms with E-state index in [2.05, 4.69) is 11.4 Å². The lowest BCUT2D eigenvalue weighted by atomic mass is 9.49. The predicted octanol–water partition coefficient (Wildman–Crippen LogP) is 1.19. The number of hydrogen-bond donors (Lipinski definition) is 2. The van der Waals surface area contributed by atoms with Crippen molar-refractivity contribution in [3.63, 3.8) is 0 Å². The van der Waals surface area contributed by atoms with Crippen LogP contribution in [-0.4, -0.2) is 28.4 Å². The number of allylic oxidation sites excluding steroid dienone is 1. The molecule has 19 heavy (non-hydrogen) atoms. The van der Waals surface area contributed by atoms with E-state index in [-0.39, 0.29) is 23.5 Å². The summed E-state index contributed by atoms with van der Waals surface area (Å²) in [4.78, 5) is 24.2. The highest BCUT2D eigenvalue weighted by Gasteiger charge is 2.74. The molecule has 0 aromatic heterocycles. The van der Waals surface area contributed by atoms with Gasteiger partial charge in [0.15, 0.2) is 5.78 Å². The van der Waals surface area contributed by atoms with Crippen LogP contribution in [0.3, 0.4) is 0 Å². The van der Waals surface area contributed by atoms with Crippen LogP contribution in [0.1, 0.15) is 39.5 Å². The van der Waals surface area contributed by atoms with Gasteiger partial charge in [0, 0.05) is 23.7 Å². The van der Waals surface area contributed by atoms with E-state index >= 15 is 0 Å². The maximum Gasteiger partial charge on any atom is 0.224 e. The molecule has 1 heterocycles. The van der Waals surface area contributed by atoms with E-state index in [1.165, 1.54) is 0 Å². The molecule has 2 N–H and O–H groups in total. The first kappa shape index (κ1) is 12.9. The summed E-state index contributed by atoms with van der Waals surface area (Å²) in [5.41, 5.74) is -1.48. The molecule has 4 nitrogen and oxygen atoms in total. The van der Waals surface area contributed by atoms with Crippen molar-refractivity contribution in [3.05, 3.63) is 12.2 Å². The minimum absolute atomic E-state index is 0.0147. The minimum atomic E-state index is -1.05. The summed E-state index contributed by atoms with van der Waals surface area (Å²) in [6, 6.07) is 0. The van der Waals surface area contributed by atoms with Crippen LogP contribution in [0.5, 0.6) is 0 Å². The number of amides is 1. The van der Waals surface area contributed by atoms with Crippen molar-refractivity contribution < 1.29 is 14.7 Å². The maximum atomic E-state index is 12.2. The second kappa shape index (κ2) is 3.92. The molecular formula is C15H21NO3. The fraction of sp³-hybridized carbons (Fsp3) is 0.733. The summed E-state index contributed by atoms with van der Waals surface area (Å²) in [5, 5.41) is 13.6.